The molecule has 2 rings (SSSR count). The van der Waals surface area contributed by atoms with Crippen LogP contribution in [0.2, 0.25) is 0 Å². The molecule has 1 fully saturated rings. The van der Waals surface area contributed by atoms with Crippen LogP contribution in [-0.2, 0) is 4.79 Å². The monoisotopic (exact) mass is 237 g/mol. The molecule has 0 spiro atoms. The summed E-state index contributed by atoms with van der Waals surface area (Å²) < 4.78 is 0. The van der Waals surface area contributed by atoms with E-state index in [0.717, 1.165) is 30.4 Å². The highest BCUT2D eigenvalue weighted by molar-refractivity contribution is 5.79. The Hall–Kier alpha value is -1.52. The molecule has 0 saturated heterocycles. The molecule has 1 saturated carbocycles. The number of carbonyl (C=O) groups is 2. The van der Waals surface area contributed by atoms with E-state index in [1.54, 1.807) is 0 Å². The number of urea groups is 1. The quantitative estimate of drug-likeness (QED) is 0.507. The van der Waals surface area contributed by atoms with Gasteiger partial charge in [-0.25, -0.2) is 4.79 Å². The third-order valence-electron chi connectivity index (χ3n) is 4.88. The van der Waals surface area contributed by atoms with Gasteiger partial charge in [0.25, 0.3) is 0 Å². The van der Waals surface area contributed by atoms with E-state index in [9.17, 15) is 9.59 Å². The number of aldehydes is 1. The van der Waals surface area contributed by atoms with Crippen molar-refractivity contribution >= 4 is 12.3 Å². The van der Waals surface area contributed by atoms with Crippen LogP contribution in [0.25, 0.3) is 0 Å². The van der Waals surface area contributed by atoms with E-state index in [0.29, 0.717) is 0 Å². The molecule has 0 radical (unpaired) electrons. The molecule has 5 nitrogen and oxygen atoms in total. The Morgan fingerprint density at radius 1 is 1.47 bits per heavy atom. The molecule has 2 amide bonds. The molecule has 2 aliphatic rings. The maximum atomic E-state index is 11.2. The van der Waals surface area contributed by atoms with Crippen LogP contribution < -0.4 is 16.6 Å². The van der Waals surface area contributed by atoms with Gasteiger partial charge in [0.05, 0.1) is 0 Å². The van der Waals surface area contributed by atoms with Gasteiger partial charge in [-0.05, 0) is 24.2 Å². The summed E-state index contributed by atoms with van der Waals surface area (Å²) in [5.41, 5.74) is 11.8. The molecule has 4 N–H and O–H groups in total. The first-order valence-corrected chi connectivity index (χ1v) is 5.86. The maximum absolute atomic E-state index is 11.2. The second-order valence-corrected chi connectivity index (χ2v) is 5.71. The van der Waals surface area contributed by atoms with E-state index in [1.807, 2.05) is 0 Å². The number of rotatable bonds is 3. The van der Waals surface area contributed by atoms with Crippen LogP contribution >= 0.6 is 0 Å². The van der Waals surface area contributed by atoms with Crippen molar-refractivity contribution in [3.05, 3.63) is 11.3 Å². The highest BCUT2D eigenvalue weighted by Crippen LogP contribution is 2.66. The lowest BCUT2D eigenvalue weighted by molar-refractivity contribution is -0.105. The standard InChI is InChI=1S/C12H19N3O2/c1-11(2)8-4-5-12(11,3)9(7(8)6-16)14-15-10(13)17/h6,8,14H,4-5H2,1-3H3,(H3,13,15,17)/t8-,12+/m0/s1. The van der Waals surface area contributed by atoms with Gasteiger partial charge in [0, 0.05) is 16.7 Å². The number of fused-ring (bicyclic) bond motifs is 2. The van der Waals surface area contributed by atoms with Crippen LogP contribution in [0, 0.1) is 16.7 Å². The third kappa shape index (κ3) is 1.38. The predicted molar refractivity (Wildman–Crippen MR) is 63.6 cm³/mol. The second kappa shape index (κ2) is 3.48. The van der Waals surface area contributed by atoms with Gasteiger partial charge < -0.3 is 11.2 Å². The number of hydrazine groups is 1. The van der Waals surface area contributed by atoms with Crippen molar-refractivity contribution in [3.63, 3.8) is 0 Å². The molecule has 0 aliphatic heterocycles. The predicted octanol–water partition coefficient (Wildman–Crippen LogP) is 1.07. The molecule has 0 unspecified atom stereocenters. The van der Waals surface area contributed by atoms with E-state index in [4.69, 9.17) is 5.73 Å². The normalized spacial score (nSPS) is 33.7. The zero-order valence-corrected chi connectivity index (χ0v) is 10.5. The van der Waals surface area contributed by atoms with Gasteiger partial charge in [0.1, 0.15) is 6.29 Å². The highest BCUT2D eigenvalue weighted by atomic mass is 16.2. The SMILES string of the molecule is CC1(C)[C@H]2CC[C@]1(C)C(NNC(N)=O)=C2C=O. The Balaban J connectivity index is 2.37. The van der Waals surface area contributed by atoms with Gasteiger partial charge in [-0.1, -0.05) is 20.8 Å². The fourth-order valence-electron chi connectivity index (χ4n) is 3.46. The first kappa shape index (κ1) is 12.0. The van der Waals surface area contributed by atoms with Gasteiger partial charge in [-0.15, -0.1) is 0 Å². The fraction of sp³-hybridized carbons (Fsp3) is 0.667. The van der Waals surface area contributed by atoms with Crippen molar-refractivity contribution in [2.75, 3.05) is 0 Å². The topological polar surface area (TPSA) is 84.2 Å². The first-order valence-electron chi connectivity index (χ1n) is 5.86. The molecule has 2 atom stereocenters. The van der Waals surface area contributed by atoms with Crippen molar-refractivity contribution in [2.45, 2.75) is 33.6 Å². The highest BCUT2D eigenvalue weighted by Gasteiger charge is 2.60. The van der Waals surface area contributed by atoms with Crippen LogP contribution in [0.3, 0.4) is 0 Å². The summed E-state index contributed by atoms with van der Waals surface area (Å²) >= 11 is 0. The lowest BCUT2D eigenvalue weighted by Gasteiger charge is -2.37. The minimum Gasteiger partial charge on any atom is -0.350 e. The summed E-state index contributed by atoms with van der Waals surface area (Å²) in [7, 11) is 0. The summed E-state index contributed by atoms with van der Waals surface area (Å²) in [5.74, 6) is 0.266. The van der Waals surface area contributed by atoms with Crippen molar-refractivity contribution in [2.24, 2.45) is 22.5 Å². The van der Waals surface area contributed by atoms with E-state index in [-0.39, 0.29) is 16.7 Å². The molecular weight excluding hydrogens is 218 g/mol. The Morgan fingerprint density at radius 2 is 2.12 bits per heavy atom. The minimum atomic E-state index is -0.646. The van der Waals surface area contributed by atoms with Crippen molar-refractivity contribution < 1.29 is 9.59 Å². The molecule has 2 aliphatic carbocycles. The van der Waals surface area contributed by atoms with E-state index < -0.39 is 6.03 Å². The van der Waals surface area contributed by atoms with E-state index in [1.165, 1.54) is 0 Å². The number of nitrogens with two attached hydrogens (primary N) is 1. The molecule has 17 heavy (non-hydrogen) atoms. The number of hydrogen-bond donors (Lipinski definition) is 3. The maximum Gasteiger partial charge on any atom is 0.330 e. The summed E-state index contributed by atoms with van der Waals surface area (Å²) in [5, 5.41) is 0. The van der Waals surface area contributed by atoms with Crippen molar-refractivity contribution in [1.82, 2.24) is 10.9 Å². The molecule has 0 aromatic rings. The number of nitrogens with one attached hydrogen (secondary N) is 2. The lowest BCUT2D eigenvalue weighted by Crippen LogP contribution is -2.45. The Morgan fingerprint density at radius 3 is 2.65 bits per heavy atom. The minimum absolute atomic E-state index is 0.0326. The van der Waals surface area contributed by atoms with Crippen molar-refractivity contribution in [1.29, 1.82) is 0 Å². The Labute approximate surface area is 101 Å². The molecule has 2 bridgehead atoms. The van der Waals surface area contributed by atoms with E-state index in [2.05, 4.69) is 31.6 Å². The van der Waals surface area contributed by atoms with Crippen molar-refractivity contribution in [3.8, 4) is 0 Å². The van der Waals surface area contributed by atoms with Gasteiger partial charge in [-0.3, -0.25) is 10.2 Å². The summed E-state index contributed by atoms with van der Waals surface area (Å²) in [4.78, 5) is 22.0. The molecule has 0 heterocycles. The number of primary amides is 1. The molecule has 94 valence electrons. The fourth-order valence-corrected chi connectivity index (χ4v) is 3.46. The number of carbonyl (C=O) groups excluding carboxylic acids is 2. The second-order valence-electron chi connectivity index (χ2n) is 5.71. The Kier molecular flexibility index (Phi) is 2.45. The summed E-state index contributed by atoms with van der Waals surface area (Å²) in [6, 6.07) is -0.646. The average molecular weight is 237 g/mol. The van der Waals surface area contributed by atoms with Gasteiger partial charge in [-0.2, -0.15) is 0 Å². The summed E-state index contributed by atoms with van der Waals surface area (Å²) in [6.07, 6.45) is 2.95. The van der Waals surface area contributed by atoms with Crippen LogP contribution in [-0.4, -0.2) is 12.3 Å². The van der Waals surface area contributed by atoms with Gasteiger partial charge in [0.15, 0.2) is 0 Å². The van der Waals surface area contributed by atoms with E-state index >= 15 is 0 Å². The lowest BCUT2D eigenvalue weighted by atomic mass is 9.69. The van der Waals surface area contributed by atoms with Crippen LogP contribution in [0.5, 0.6) is 0 Å². The number of hydrogen-bond acceptors (Lipinski definition) is 3. The average Bonchev–Trinajstić information content (AvgIpc) is 2.56. The smallest absolute Gasteiger partial charge is 0.330 e. The van der Waals surface area contributed by atoms with Crippen LogP contribution in [0.1, 0.15) is 33.6 Å². The Bertz CT molecular complexity index is 414. The van der Waals surface area contributed by atoms with Crippen LogP contribution in [0.15, 0.2) is 11.3 Å². The van der Waals surface area contributed by atoms with Gasteiger partial charge >= 0.3 is 6.03 Å². The van der Waals surface area contributed by atoms with Crippen LogP contribution in [0.4, 0.5) is 4.79 Å². The molecular formula is C12H19N3O2. The molecule has 5 heteroatoms. The largest absolute Gasteiger partial charge is 0.350 e. The number of amides is 2. The summed E-state index contributed by atoms with van der Waals surface area (Å²) in [6.45, 7) is 6.48. The van der Waals surface area contributed by atoms with Gasteiger partial charge in [0.2, 0.25) is 0 Å². The first-order chi connectivity index (χ1) is 7.84. The zero-order valence-electron chi connectivity index (χ0n) is 10.5. The number of allylic oxidation sites excluding steroid dienone is 2. The third-order valence-corrected chi connectivity index (χ3v) is 4.88. The zero-order chi connectivity index (χ0) is 12.8. The molecule has 0 aromatic carbocycles. The molecule has 0 aromatic heterocycles.